The van der Waals surface area contributed by atoms with Crippen LogP contribution in [0.2, 0.25) is 0 Å². The number of nitrogens with zero attached hydrogens (tertiary/aromatic N) is 3. The van der Waals surface area contributed by atoms with Gasteiger partial charge < -0.3 is 15.0 Å². The Kier molecular flexibility index (Phi) is 3.10. The lowest BCUT2D eigenvalue weighted by Gasteiger charge is -2.20. The predicted molar refractivity (Wildman–Crippen MR) is 82.1 cm³/mol. The summed E-state index contributed by atoms with van der Waals surface area (Å²) in [5.41, 5.74) is 0.741. The fourth-order valence-corrected chi connectivity index (χ4v) is 2.98. The molecular formula is C16H17FN4O. The summed E-state index contributed by atoms with van der Waals surface area (Å²) in [6.45, 7) is 2.11. The van der Waals surface area contributed by atoms with E-state index in [0.29, 0.717) is 11.8 Å². The first kappa shape index (κ1) is 13.3. The predicted octanol–water partition coefficient (Wildman–Crippen LogP) is 2.82. The monoisotopic (exact) mass is 300 g/mol. The Balaban J connectivity index is 1.59. The van der Waals surface area contributed by atoms with Gasteiger partial charge in [0.15, 0.2) is 0 Å². The Morgan fingerprint density at radius 1 is 1.18 bits per heavy atom. The van der Waals surface area contributed by atoms with E-state index < -0.39 is 0 Å². The van der Waals surface area contributed by atoms with Crippen LogP contribution in [0.25, 0.3) is 0 Å². The van der Waals surface area contributed by atoms with Gasteiger partial charge in [0.25, 0.3) is 0 Å². The number of rotatable bonds is 4. The maximum Gasteiger partial charge on any atom is 0.232 e. The molecule has 1 aliphatic heterocycles. The maximum absolute atomic E-state index is 13.0. The quantitative estimate of drug-likeness (QED) is 0.941. The highest BCUT2D eigenvalue weighted by Gasteiger charge is 2.45. The molecule has 1 saturated heterocycles. The number of nitrogens with one attached hydrogen (secondary N) is 1. The minimum atomic E-state index is -0.269. The number of halogens is 1. The van der Waals surface area contributed by atoms with Gasteiger partial charge in [-0.25, -0.2) is 4.39 Å². The Morgan fingerprint density at radius 3 is 2.59 bits per heavy atom. The molecule has 2 unspecified atom stereocenters. The molecule has 1 aliphatic carbocycles. The Bertz CT molecular complexity index is 681. The average Bonchev–Trinajstić information content (AvgIpc) is 3.15. The van der Waals surface area contributed by atoms with Gasteiger partial charge in [-0.3, -0.25) is 0 Å². The number of ether oxygens (including phenoxy) is 1. The standard InChI is InChI=1S/C16H17FN4O/c1-22-15-7-14(21-8-10-6-11(10)9-21)19-16(20-15)18-13-4-2-12(17)3-5-13/h2-5,7,10-11H,6,8-9H2,1H3,(H,18,19,20). The van der Waals surface area contributed by atoms with Gasteiger partial charge in [0.2, 0.25) is 11.8 Å². The molecule has 1 saturated carbocycles. The van der Waals surface area contributed by atoms with E-state index in [9.17, 15) is 4.39 Å². The van der Waals surface area contributed by atoms with Crippen LogP contribution >= 0.6 is 0 Å². The third-order valence-electron chi connectivity index (χ3n) is 4.30. The van der Waals surface area contributed by atoms with Crippen LogP contribution < -0.4 is 15.0 Å². The van der Waals surface area contributed by atoms with Gasteiger partial charge in [0.1, 0.15) is 11.6 Å². The van der Waals surface area contributed by atoms with Crippen molar-refractivity contribution in [3.05, 3.63) is 36.1 Å². The molecule has 0 bridgehead atoms. The highest BCUT2D eigenvalue weighted by molar-refractivity contribution is 5.56. The molecule has 2 aliphatic rings. The number of piperidine rings is 1. The second-order valence-corrected chi connectivity index (χ2v) is 5.88. The zero-order valence-corrected chi connectivity index (χ0v) is 12.3. The van der Waals surface area contributed by atoms with Crippen molar-refractivity contribution in [3.63, 3.8) is 0 Å². The first-order valence-corrected chi connectivity index (χ1v) is 7.42. The summed E-state index contributed by atoms with van der Waals surface area (Å²) in [6, 6.07) is 7.97. The molecular weight excluding hydrogens is 283 g/mol. The topological polar surface area (TPSA) is 50.3 Å². The van der Waals surface area contributed by atoms with Crippen molar-refractivity contribution in [1.29, 1.82) is 0 Å². The van der Waals surface area contributed by atoms with Crippen LogP contribution in [0.4, 0.5) is 21.8 Å². The van der Waals surface area contributed by atoms with E-state index in [0.717, 1.165) is 36.4 Å². The molecule has 0 spiro atoms. The molecule has 114 valence electrons. The van der Waals surface area contributed by atoms with Crippen molar-refractivity contribution in [1.82, 2.24) is 9.97 Å². The highest BCUT2D eigenvalue weighted by Crippen LogP contribution is 2.46. The first-order chi connectivity index (χ1) is 10.7. The van der Waals surface area contributed by atoms with E-state index in [2.05, 4.69) is 20.2 Å². The molecule has 2 aromatic rings. The number of hydrogen-bond acceptors (Lipinski definition) is 5. The van der Waals surface area contributed by atoms with Crippen LogP contribution in [-0.2, 0) is 0 Å². The minimum absolute atomic E-state index is 0.269. The van der Waals surface area contributed by atoms with Crippen molar-refractivity contribution in [2.75, 3.05) is 30.4 Å². The maximum atomic E-state index is 13.0. The van der Waals surface area contributed by atoms with Crippen LogP contribution in [0.5, 0.6) is 5.88 Å². The van der Waals surface area contributed by atoms with E-state index in [4.69, 9.17) is 4.74 Å². The lowest BCUT2D eigenvalue weighted by Crippen LogP contribution is -2.23. The summed E-state index contributed by atoms with van der Waals surface area (Å²) in [5, 5.41) is 3.10. The summed E-state index contributed by atoms with van der Waals surface area (Å²) in [7, 11) is 1.59. The highest BCUT2D eigenvalue weighted by atomic mass is 19.1. The van der Waals surface area contributed by atoms with Crippen molar-refractivity contribution in [2.45, 2.75) is 6.42 Å². The Labute approximate surface area is 128 Å². The molecule has 5 nitrogen and oxygen atoms in total. The van der Waals surface area contributed by atoms with Crippen LogP contribution in [0, 0.1) is 17.7 Å². The number of benzene rings is 1. The van der Waals surface area contributed by atoms with Crippen LogP contribution in [0.15, 0.2) is 30.3 Å². The normalized spacial score (nSPS) is 22.4. The molecule has 1 aromatic heterocycles. The van der Waals surface area contributed by atoms with E-state index in [-0.39, 0.29) is 5.82 Å². The molecule has 0 amide bonds. The number of anilines is 3. The van der Waals surface area contributed by atoms with E-state index in [1.165, 1.54) is 18.6 Å². The lowest BCUT2D eigenvalue weighted by molar-refractivity contribution is 0.397. The zero-order chi connectivity index (χ0) is 15.1. The number of aromatic nitrogens is 2. The molecule has 2 heterocycles. The van der Waals surface area contributed by atoms with E-state index >= 15 is 0 Å². The Hall–Kier alpha value is -2.37. The summed E-state index contributed by atoms with van der Waals surface area (Å²) in [5.74, 6) is 3.25. The molecule has 6 heteroatoms. The second-order valence-electron chi connectivity index (χ2n) is 5.88. The van der Waals surface area contributed by atoms with Crippen LogP contribution in [-0.4, -0.2) is 30.2 Å². The van der Waals surface area contributed by atoms with Crippen molar-refractivity contribution in [3.8, 4) is 5.88 Å². The van der Waals surface area contributed by atoms with Crippen LogP contribution in [0.1, 0.15) is 6.42 Å². The van der Waals surface area contributed by atoms with Gasteiger partial charge >= 0.3 is 0 Å². The zero-order valence-electron chi connectivity index (χ0n) is 12.3. The molecule has 22 heavy (non-hydrogen) atoms. The fraction of sp³-hybridized carbons (Fsp3) is 0.375. The van der Waals surface area contributed by atoms with Gasteiger partial charge in [-0.15, -0.1) is 0 Å². The fourth-order valence-electron chi connectivity index (χ4n) is 2.98. The van der Waals surface area contributed by atoms with Crippen LogP contribution in [0.3, 0.4) is 0 Å². The summed E-state index contributed by atoms with van der Waals surface area (Å²) in [6.07, 6.45) is 1.35. The number of fused-ring (bicyclic) bond motifs is 1. The largest absolute Gasteiger partial charge is 0.481 e. The first-order valence-electron chi connectivity index (χ1n) is 7.42. The summed E-state index contributed by atoms with van der Waals surface area (Å²) in [4.78, 5) is 11.1. The third kappa shape index (κ3) is 2.56. The molecule has 1 aromatic carbocycles. The minimum Gasteiger partial charge on any atom is -0.481 e. The van der Waals surface area contributed by atoms with Gasteiger partial charge in [-0.1, -0.05) is 0 Å². The lowest BCUT2D eigenvalue weighted by atomic mass is 10.3. The smallest absolute Gasteiger partial charge is 0.232 e. The van der Waals surface area contributed by atoms with Gasteiger partial charge in [0, 0.05) is 24.8 Å². The number of methoxy groups -OCH3 is 1. The van der Waals surface area contributed by atoms with E-state index in [1.807, 2.05) is 6.07 Å². The number of hydrogen-bond donors (Lipinski definition) is 1. The summed E-state index contributed by atoms with van der Waals surface area (Å²) >= 11 is 0. The van der Waals surface area contributed by atoms with Crippen molar-refractivity contribution >= 4 is 17.5 Å². The third-order valence-corrected chi connectivity index (χ3v) is 4.30. The Morgan fingerprint density at radius 2 is 1.91 bits per heavy atom. The van der Waals surface area contributed by atoms with Gasteiger partial charge in [-0.2, -0.15) is 9.97 Å². The van der Waals surface area contributed by atoms with Crippen molar-refractivity contribution < 1.29 is 9.13 Å². The molecule has 4 rings (SSSR count). The second kappa shape index (κ2) is 5.12. The molecule has 1 N–H and O–H groups in total. The molecule has 2 atom stereocenters. The van der Waals surface area contributed by atoms with Gasteiger partial charge in [0.05, 0.1) is 7.11 Å². The molecule has 2 fully saturated rings. The van der Waals surface area contributed by atoms with Crippen molar-refractivity contribution in [2.24, 2.45) is 11.8 Å². The summed E-state index contributed by atoms with van der Waals surface area (Å²) < 4.78 is 18.2. The molecule has 0 radical (unpaired) electrons. The SMILES string of the molecule is COc1cc(N2CC3CC3C2)nc(Nc2ccc(F)cc2)n1. The average molecular weight is 300 g/mol. The van der Waals surface area contributed by atoms with E-state index in [1.54, 1.807) is 19.2 Å². The van der Waals surface area contributed by atoms with Gasteiger partial charge in [-0.05, 0) is 42.5 Å².